The first-order chi connectivity index (χ1) is 13.1. The van der Waals surface area contributed by atoms with Gasteiger partial charge >= 0.3 is 0 Å². The average molecular weight is 362 g/mol. The minimum absolute atomic E-state index is 0.105. The van der Waals surface area contributed by atoms with Gasteiger partial charge in [-0.1, -0.05) is 43.7 Å². The predicted molar refractivity (Wildman–Crippen MR) is 107 cm³/mol. The molecule has 0 spiro atoms. The number of benzene rings is 2. The van der Waals surface area contributed by atoms with Crippen molar-refractivity contribution in [3.8, 4) is 11.5 Å². The lowest BCUT2D eigenvalue weighted by atomic mass is 10.1. The minimum atomic E-state index is -0.127. The lowest BCUT2D eigenvalue weighted by Gasteiger charge is -2.12. The van der Waals surface area contributed by atoms with Crippen molar-refractivity contribution in [1.29, 1.82) is 0 Å². The van der Waals surface area contributed by atoms with Crippen molar-refractivity contribution in [2.45, 2.75) is 32.7 Å². The van der Waals surface area contributed by atoms with Gasteiger partial charge in [0.2, 0.25) is 0 Å². The van der Waals surface area contributed by atoms with Crippen molar-refractivity contribution in [1.82, 2.24) is 14.5 Å². The Morgan fingerprint density at radius 1 is 1.04 bits per heavy atom. The number of nitrogen functional groups attached to an aromatic ring is 1. The van der Waals surface area contributed by atoms with Gasteiger partial charge in [-0.3, -0.25) is 0 Å². The summed E-state index contributed by atoms with van der Waals surface area (Å²) < 4.78 is 2.08. The van der Waals surface area contributed by atoms with E-state index in [4.69, 9.17) is 10.7 Å². The summed E-state index contributed by atoms with van der Waals surface area (Å²) in [5, 5.41) is 21.1. The predicted octanol–water partition coefficient (Wildman–Crippen LogP) is 3.97. The molecule has 138 valence electrons. The van der Waals surface area contributed by atoms with E-state index in [1.165, 1.54) is 6.07 Å². The molecular formula is C21H22N4O2. The molecule has 0 radical (unpaired) electrons. The summed E-state index contributed by atoms with van der Waals surface area (Å²) in [6.45, 7) is 2.53. The zero-order chi connectivity index (χ0) is 19.0. The molecule has 6 heteroatoms. The number of aromatic nitrogens is 3. The van der Waals surface area contributed by atoms with Crippen LogP contribution in [0.5, 0.6) is 11.5 Å². The average Bonchev–Trinajstić information content (AvgIpc) is 3.03. The molecule has 0 aliphatic rings. The van der Waals surface area contributed by atoms with E-state index in [2.05, 4.69) is 16.5 Å². The Bertz CT molecular complexity index is 1130. The maximum Gasteiger partial charge on any atom is 0.162 e. The van der Waals surface area contributed by atoms with E-state index in [-0.39, 0.29) is 11.5 Å². The number of imidazole rings is 1. The molecule has 6 nitrogen and oxygen atoms in total. The van der Waals surface area contributed by atoms with E-state index in [9.17, 15) is 10.2 Å². The number of anilines is 1. The van der Waals surface area contributed by atoms with Crippen LogP contribution in [0.3, 0.4) is 0 Å². The van der Waals surface area contributed by atoms with Gasteiger partial charge in [0.25, 0.3) is 0 Å². The van der Waals surface area contributed by atoms with E-state index in [1.54, 1.807) is 12.1 Å². The molecule has 2 aromatic heterocycles. The quantitative estimate of drug-likeness (QED) is 0.467. The van der Waals surface area contributed by atoms with E-state index in [0.29, 0.717) is 23.4 Å². The highest BCUT2D eigenvalue weighted by Crippen LogP contribution is 2.33. The van der Waals surface area contributed by atoms with Crippen LogP contribution in [0.4, 0.5) is 5.82 Å². The number of nitrogens with zero attached hydrogens (tertiary/aromatic N) is 3. The Morgan fingerprint density at radius 3 is 2.67 bits per heavy atom. The molecule has 4 rings (SSSR count). The van der Waals surface area contributed by atoms with Crippen LogP contribution in [0, 0.1) is 0 Å². The number of aryl methyl sites for hydroxylation is 1. The molecule has 2 heterocycles. The second-order valence-corrected chi connectivity index (χ2v) is 6.71. The molecule has 0 atom stereocenters. The molecule has 0 fully saturated rings. The Labute approximate surface area is 156 Å². The third-order valence-corrected chi connectivity index (χ3v) is 4.87. The Balaban J connectivity index is 1.99. The fraction of sp³-hybridized carbons (Fsp3) is 0.238. The first kappa shape index (κ1) is 17.1. The molecule has 0 unspecified atom stereocenters. The molecule has 0 amide bonds. The maximum atomic E-state index is 10.3. The van der Waals surface area contributed by atoms with Crippen LogP contribution in [0.2, 0.25) is 0 Å². The largest absolute Gasteiger partial charge is 0.504 e. The van der Waals surface area contributed by atoms with E-state index in [1.807, 2.05) is 24.3 Å². The van der Waals surface area contributed by atoms with Crippen LogP contribution in [0.15, 0.2) is 42.5 Å². The molecular weight excluding hydrogens is 340 g/mol. The lowest BCUT2D eigenvalue weighted by molar-refractivity contribution is 0.398. The van der Waals surface area contributed by atoms with Crippen molar-refractivity contribution in [3.05, 3.63) is 53.9 Å². The van der Waals surface area contributed by atoms with Gasteiger partial charge in [0.05, 0.1) is 17.6 Å². The first-order valence-corrected chi connectivity index (χ1v) is 9.13. The summed E-state index contributed by atoms with van der Waals surface area (Å²) in [5.41, 5.74) is 9.24. The van der Waals surface area contributed by atoms with Gasteiger partial charge in [0.1, 0.15) is 11.3 Å². The van der Waals surface area contributed by atoms with Crippen molar-refractivity contribution in [2.24, 2.45) is 0 Å². The van der Waals surface area contributed by atoms with Crippen LogP contribution in [0.1, 0.15) is 31.2 Å². The van der Waals surface area contributed by atoms with Crippen LogP contribution >= 0.6 is 0 Å². The number of nitrogens with two attached hydrogens (primary N) is 1. The highest BCUT2D eigenvalue weighted by Gasteiger charge is 2.18. The second-order valence-electron chi connectivity index (χ2n) is 6.71. The van der Waals surface area contributed by atoms with Gasteiger partial charge in [-0.15, -0.1) is 0 Å². The summed E-state index contributed by atoms with van der Waals surface area (Å²) in [4.78, 5) is 9.27. The summed E-state index contributed by atoms with van der Waals surface area (Å²) in [5.74, 6) is 1.07. The van der Waals surface area contributed by atoms with Crippen molar-refractivity contribution in [3.63, 3.8) is 0 Å². The summed E-state index contributed by atoms with van der Waals surface area (Å²) in [7, 11) is 0. The number of rotatable bonds is 5. The normalized spacial score (nSPS) is 11.4. The zero-order valence-corrected chi connectivity index (χ0v) is 15.2. The number of phenolic OH excluding ortho intramolecular Hbond substituents is 2. The topological polar surface area (TPSA) is 97.2 Å². The molecule has 0 saturated heterocycles. The molecule has 2 aromatic carbocycles. The highest BCUT2D eigenvalue weighted by molar-refractivity contribution is 6.06. The number of para-hydroxylation sites is 2. The summed E-state index contributed by atoms with van der Waals surface area (Å²) in [6.07, 6.45) is 2.86. The van der Waals surface area contributed by atoms with Crippen LogP contribution in [-0.4, -0.2) is 24.7 Å². The number of fused-ring (bicyclic) bond motifs is 3. The first-order valence-electron chi connectivity index (χ1n) is 9.13. The lowest BCUT2D eigenvalue weighted by Crippen LogP contribution is -2.06. The number of phenols is 2. The Kier molecular flexibility index (Phi) is 4.32. The second kappa shape index (κ2) is 6.79. The van der Waals surface area contributed by atoms with E-state index < -0.39 is 0 Å². The summed E-state index contributed by atoms with van der Waals surface area (Å²) >= 11 is 0. The Hall–Kier alpha value is -3.28. The fourth-order valence-electron chi connectivity index (χ4n) is 3.48. The van der Waals surface area contributed by atoms with Gasteiger partial charge in [-0.05, 0) is 18.6 Å². The van der Waals surface area contributed by atoms with Crippen molar-refractivity contribution < 1.29 is 10.2 Å². The fourth-order valence-corrected chi connectivity index (χ4v) is 3.48. The molecule has 0 saturated carbocycles. The van der Waals surface area contributed by atoms with Crippen molar-refractivity contribution in [2.75, 3.05) is 5.73 Å². The molecule has 27 heavy (non-hydrogen) atoms. The van der Waals surface area contributed by atoms with Crippen LogP contribution in [-0.2, 0) is 13.0 Å². The maximum absolute atomic E-state index is 10.3. The standard InChI is InChI=1S/C21H22N4O2/c1-2-3-11-17-24-18-19(14-8-4-5-9-15(14)23-21(18)22)25(17)12-13-7-6-10-16(26)20(13)27/h4-10,26-27H,2-3,11-12H2,1H3,(H2,22,23). The number of hydrogen-bond donors (Lipinski definition) is 3. The van der Waals surface area contributed by atoms with Gasteiger partial charge < -0.3 is 20.5 Å². The van der Waals surface area contributed by atoms with E-state index in [0.717, 1.165) is 41.5 Å². The Morgan fingerprint density at radius 2 is 1.85 bits per heavy atom. The van der Waals surface area contributed by atoms with Crippen LogP contribution < -0.4 is 5.73 Å². The van der Waals surface area contributed by atoms with Gasteiger partial charge in [-0.2, -0.15) is 0 Å². The molecule has 0 bridgehead atoms. The highest BCUT2D eigenvalue weighted by atomic mass is 16.3. The van der Waals surface area contributed by atoms with Gasteiger partial charge in [0.15, 0.2) is 17.3 Å². The van der Waals surface area contributed by atoms with Crippen LogP contribution in [0.25, 0.3) is 21.9 Å². The van der Waals surface area contributed by atoms with Crippen molar-refractivity contribution >= 4 is 27.8 Å². The SMILES string of the molecule is CCCCc1nc2c(N)nc3ccccc3c2n1Cc1cccc(O)c1O. The monoisotopic (exact) mass is 362 g/mol. The number of hydrogen-bond acceptors (Lipinski definition) is 5. The third-order valence-electron chi connectivity index (χ3n) is 4.87. The number of unbranched alkanes of at least 4 members (excludes halogenated alkanes) is 1. The number of pyridine rings is 1. The number of aromatic hydroxyl groups is 2. The third kappa shape index (κ3) is 2.93. The van der Waals surface area contributed by atoms with Gasteiger partial charge in [0, 0.05) is 17.4 Å². The zero-order valence-electron chi connectivity index (χ0n) is 15.2. The molecule has 4 aromatic rings. The molecule has 4 N–H and O–H groups in total. The van der Waals surface area contributed by atoms with E-state index >= 15 is 0 Å². The molecule has 0 aliphatic heterocycles. The minimum Gasteiger partial charge on any atom is -0.504 e. The smallest absolute Gasteiger partial charge is 0.162 e. The summed E-state index contributed by atoms with van der Waals surface area (Å²) in [6, 6.07) is 12.8. The molecule has 0 aliphatic carbocycles. The van der Waals surface area contributed by atoms with Gasteiger partial charge in [-0.25, -0.2) is 9.97 Å².